The third-order valence-corrected chi connectivity index (χ3v) is 7.78. The van der Waals surface area contributed by atoms with Gasteiger partial charge in [0, 0.05) is 31.7 Å². The third-order valence-electron chi connectivity index (χ3n) is 5.61. The van der Waals surface area contributed by atoms with Gasteiger partial charge in [0.15, 0.2) is 0 Å². The van der Waals surface area contributed by atoms with Crippen LogP contribution < -0.4 is 9.62 Å². The van der Waals surface area contributed by atoms with Crippen LogP contribution in [0.2, 0.25) is 5.02 Å². The van der Waals surface area contributed by atoms with Crippen LogP contribution in [0.1, 0.15) is 32.8 Å². The predicted molar refractivity (Wildman–Crippen MR) is 136 cm³/mol. The van der Waals surface area contributed by atoms with Crippen LogP contribution >= 0.6 is 11.6 Å². The van der Waals surface area contributed by atoms with Crippen molar-refractivity contribution in [1.82, 2.24) is 14.5 Å². The first-order chi connectivity index (χ1) is 16.4. The minimum atomic E-state index is -4.24. The molecule has 0 aromatic heterocycles. The highest BCUT2D eigenvalue weighted by atomic mass is 35.5. The number of nitrogens with one attached hydrogen (secondary N) is 1. The van der Waals surface area contributed by atoms with E-state index in [0.29, 0.717) is 21.3 Å². The smallest absolute Gasteiger partial charge is 0.304 e. The van der Waals surface area contributed by atoms with Gasteiger partial charge in [0.25, 0.3) is 0 Å². The van der Waals surface area contributed by atoms with Gasteiger partial charge in [0.2, 0.25) is 11.8 Å². The second kappa shape index (κ2) is 12.3. The lowest BCUT2D eigenvalue weighted by molar-refractivity contribution is -0.139. The molecule has 2 rings (SSSR count). The molecule has 0 aliphatic rings. The Bertz CT molecular complexity index is 1150. The molecule has 8 nitrogen and oxygen atoms in total. The van der Waals surface area contributed by atoms with Gasteiger partial charge in [-0.2, -0.15) is 12.7 Å². The molecule has 2 aromatic rings. The monoisotopic (exact) mass is 526 g/mol. The quantitative estimate of drug-likeness (QED) is 0.486. The second-order valence-electron chi connectivity index (χ2n) is 8.36. The lowest BCUT2D eigenvalue weighted by atomic mass is 10.1. The zero-order valence-corrected chi connectivity index (χ0v) is 22.1. The lowest BCUT2D eigenvalue weighted by Gasteiger charge is -2.33. The molecule has 2 atom stereocenters. The van der Waals surface area contributed by atoms with Gasteiger partial charge in [-0.15, -0.1) is 0 Å². The first kappa shape index (κ1) is 28.5. The Morgan fingerprint density at radius 2 is 1.66 bits per heavy atom. The highest BCUT2D eigenvalue weighted by molar-refractivity contribution is 7.90. The molecule has 192 valence electrons. The maximum atomic E-state index is 14.6. The van der Waals surface area contributed by atoms with Crippen LogP contribution in [0, 0.1) is 5.82 Å². The maximum Gasteiger partial charge on any atom is 0.304 e. The number of carbonyl (C=O) groups is 2. The highest BCUT2D eigenvalue weighted by Gasteiger charge is 2.34. The van der Waals surface area contributed by atoms with E-state index in [2.05, 4.69) is 5.32 Å². The number of hydrogen-bond donors (Lipinski definition) is 1. The van der Waals surface area contributed by atoms with Crippen molar-refractivity contribution in [2.75, 3.05) is 24.9 Å². The van der Waals surface area contributed by atoms with Crippen LogP contribution in [0.4, 0.5) is 10.1 Å². The molecular weight excluding hydrogens is 495 g/mol. The van der Waals surface area contributed by atoms with Crippen molar-refractivity contribution in [2.45, 2.75) is 45.8 Å². The minimum absolute atomic E-state index is 0.0409. The molecule has 0 fully saturated rings. The van der Waals surface area contributed by atoms with Crippen LogP contribution in [0.15, 0.2) is 48.5 Å². The first-order valence-corrected chi connectivity index (χ1v) is 13.0. The Balaban J connectivity index is 2.48. The van der Waals surface area contributed by atoms with Gasteiger partial charge < -0.3 is 10.2 Å². The molecule has 0 aliphatic heterocycles. The van der Waals surface area contributed by atoms with Crippen molar-refractivity contribution in [2.24, 2.45) is 0 Å². The molecule has 0 unspecified atom stereocenters. The molecular formula is C24H32ClFN4O4S. The first-order valence-electron chi connectivity index (χ1n) is 11.2. The van der Waals surface area contributed by atoms with E-state index in [1.807, 2.05) is 13.8 Å². The van der Waals surface area contributed by atoms with Crippen LogP contribution in [0.5, 0.6) is 0 Å². The molecule has 11 heteroatoms. The summed E-state index contributed by atoms with van der Waals surface area (Å²) in [6, 6.07) is 11.1. The summed E-state index contributed by atoms with van der Waals surface area (Å²) in [5.41, 5.74) is 0.308. The zero-order chi connectivity index (χ0) is 26.3. The van der Waals surface area contributed by atoms with Gasteiger partial charge in [-0.25, -0.2) is 8.70 Å². The zero-order valence-electron chi connectivity index (χ0n) is 20.5. The summed E-state index contributed by atoms with van der Waals surface area (Å²) in [5, 5.41) is 3.24. The largest absolute Gasteiger partial charge is 0.352 e. The average molecular weight is 527 g/mol. The van der Waals surface area contributed by atoms with E-state index in [9.17, 15) is 22.4 Å². The van der Waals surface area contributed by atoms with Crippen molar-refractivity contribution < 1.29 is 22.4 Å². The van der Waals surface area contributed by atoms with Crippen LogP contribution in [-0.2, 0) is 26.3 Å². The third kappa shape index (κ3) is 7.16. The number of rotatable bonds is 11. The van der Waals surface area contributed by atoms with Crippen LogP contribution in [0.3, 0.4) is 0 Å². The van der Waals surface area contributed by atoms with Gasteiger partial charge in [-0.3, -0.25) is 9.59 Å². The topological polar surface area (TPSA) is 90.0 Å². The fourth-order valence-corrected chi connectivity index (χ4v) is 4.47. The summed E-state index contributed by atoms with van der Waals surface area (Å²) in [7, 11) is -1.66. The molecule has 0 radical (unpaired) electrons. The van der Waals surface area contributed by atoms with Gasteiger partial charge in [0.1, 0.15) is 18.4 Å². The van der Waals surface area contributed by atoms with Crippen molar-refractivity contribution >= 4 is 39.3 Å². The van der Waals surface area contributed by atoms with Crippen molar-refractivity contribution in [1.29, 1.82) is 0 Å². The summed E-state index contributed by atoms with van der Waals surface area (Å²) in [4.78, 5) is 27.7. The minimum Gasteiger partial charge on any atom is -0.352 e. The molecule has 0 spiro atoms. The number of halogens is 2. The number of para-hydroxylation sites is 1. The number of carbonyl (C=O) groups excluding carboxylic acids is 2. The SMILES string of the molecule is CC[C@@H](C)NC(=O)[C@H](C)N(Cc1ccccc1Cl)C(=O)CN(c1ccccc1F)S(=O)(=O)N(C)C. The van der Waals surface area contributed by atoms with Crippen LogP contribution in [0.25, 0.3) is 0 Å². The molecule has 0 bridgehead atoms. The van der Waals surface area contributed by atoms with Crippen molar-refractivity contribution in [3.8, 4) is 0 Å². The Kier molecular flexibility index (Phi) is 10.1. The molecule has 0 saturated carbocycles. The molecule has 1 N–H and O–H groups in total. The average Bonchev–Trinajstić information content (AvgIpc) is 2.81. The van der Waals surface area contributed by atoms with Gasteiger partial charge >= 0.3 is 10.2 Å². The number of amides is 2. The summed E-state index contributed by atoms with van der Waals surface area (Å²) >= 11 is 6.30. The van der Waals surface area contributed by atoms with E-state index in [4.69, 9.17) is 11.6 Å². The summed E-state index contributed by atoms with van der Waals surface area (Å²) in [5.74, 6) is -1.89. The number of nitrogens with zero attached hydrogens (tertiary/aromatic N) is 3. The molecule has 0 heterocycles. The second-order valence-corrected chi connectivity index (χ2v) is 10.8. The van der Waals surface area contributed by atoms with E-state index in [-0.39, 0.29) is 18.3 Å². The van der Waals surface area contributed by atoms with Crippen LogP contribution in [-0.4, -0.2) is 62.2 Å². The Morgan fingerprint density at radius 1 is 1.06 bits per heavy atom. The molecule has 35 heavy (non-hydrogen) atoms. The van der Waals surface area contributed by atoms with Crippen molar-refractivity contribution in [3.63, 3.8) is 0 Å². The molecule has 0 aliphatic carbocycles. The summed E-state index contributed by atoms with van der Waals surface area (Å²) in [6.45, 7) is 4.56. The number of benzene rings is 2. The van der Waals surface area contributed by atoms with E-state index in [1.165, 1.54) is 37.2 Å². The van der Waals surface area contributed by atoms with E-state index >= 15 is 0 Å². The molecule has 2 amide bonds. The van der Waals surface area contributed by atoms with Gasteiger partial charge in [-0.1, -0.05) is 48.9 Å². The fourth-order valence-electron chi connectivity index (χ4n) is 3.21. The number of hydrogen-bond acceptors (Lipinski definition) is 4. The predicted octanol–water partition coefficient (Wildman–Crippen LogP) is 3.42. The standard InChI is InChI=1S/C24H32ClFN4O4S/c1-6-17(2)27-24(32)18(3)29(15-19-11-7-8-12-20(19)25)23(31)16-30(35(33,34)28(4)5)22-14-10-9-13-21(22)26/h7-14,17-18H,6,15-16H2,1-5H3,(H,27,32)/t17-,18+/m1/s1. The van der Waals surface area contributed by atoms with E-state index in [0.717, 1.165) is 10.4 Å². The van der Waals surface area contributed by atoms with Gasteiger partial charge in [-0.05, 0) is 44.0 Å². The Hall–Kier alpha value is -2.69. The van der Waals surface area contributed by atoms with Crippen molar-refractivity contribution in [3.05, 3.63) is 64.9 Å². The molecule has 2 aromatic carbocycles. The van der Waals surface area contributed by atoms with Gasteiger partial charge in [0.05, 0.1) is 5.69 Å². The Morgan fingerprint density at radius 3 is 2.23 bits per heavy atom. The van der Waals surface area contributed by atoms with E-state index < -0.39 is 40.4 Å². The maximum absolute atomic E-state index is 14.6. The summed E-state index contributed by atoms with van der Waals surface area (Å²) in [6.07, 6.45) is 0.694. The summed E-state index contributed by atoms with van der Waals surface area (Å²) < 4.78 is 42.3. The normalized spacial score (nSPS) is 13.3. The highest BCUT2D eigenvalue weighted by Crippen LogP contribution is 2.24. The Labute approximate surface area is 211 Å². The van der Waals surface area contributed by atoms with E-state index in [1.54, 1.807) is 31.2 Å². The fraction of sp³-hybridized carbons (Fsp3) is 0.417. The molecule has 0 saturated heterocycles. The number of anilines is 1. The lowest BCUT2D eigenvalue weighted by Crippen LogP contribution is -2.53.